The molecule has 2 aromatic rings. The van der Waals surface area contributed by atoms with E-state index < -0.39 is 16.1 Å². The molecular weight excluding hydrogens is 388 g/mol. The third-order valence-corrected chi connectivity index (χ3v) is 7.00. The van der Waals surface area contributed by atoms with Crippen molar-refractivity contribution in [1.82, 2.24) is 5.32 Å². The van der Waals surface area contributed by atoms with Gasteiger partial charge in [-0.2, -0.15) is 0 Å². The predicted molar refractivity (Wildman–Crippen MR) is 115 cm³/mol. The molecule has 3 rings (SSSR count). The average Bonchev–Trinajstić information content (AvgIpc) is 2.71. The molecule has 156 valence electrons. The molecule has 0 radical (unpaired) electrons. The molecule has 7 heteroatoms. The summed E-state index contributed by atoms with van der Waals surface area (Å²) in [4.78, 5) is 13.0. The quantitative estimate of drug-likeness (QED) is 0.782. The van der Waals surface area contributed by atoms with Gasteiger partial charge in [-0.25, -0.2) is 8.42 Å². The molecule has 0 fully saturated rings. The number of hydrogen-bond donors (Lipinski definition) is 1. The van der Waals surface area contributed by atoms with Gasteiger partial charge >= 0.3 is 0 Å². The fourth-order valence-electron chi connectivity index (χ4n) is 3.64. The summed E-state index contributed by atoms with van der Waals surface area (Å²) in [6.45, 7) is 7.62. The maximum atomic E-state index is 13.0. The standard InChI is InChI=1S/C22H28N2O4S/c1-5-18(17-12-11-15(3)13-16(17)4)23-22(25)21-14-24(29(26,27)6-2)19-9-7-8-10-20(19)28-21/h7-13,18,21H,5-6,14H2,1-4H3,(H,23,25)/t18-,21-/m0/s1. The zero-order chi connectivity index (χ0) is 21.2. The smallest absolute Gasteiger partial charge is 0.263 e. The van der Waals surface area contributed by atoms with Gasteiger partial charge in [-0.15, -0.1) is 0 Å². The Morgan fingerprint density at radius 3 is 2.59 bits per heavy atom. The molecule has 6 nitrogen and oxygen atoms in total. The first-order chi connectivity index (χ1) is 13.8. The van der Waals surface area contributed by atoms with Crippen molar-refractivity contribution < 1.29 is 17.9 Å². The maximum Gasteiger partial charge on any atom is 0.263 e. The number of anilines is 1. The number of carbonyl (C=O) groups is 1. The fraction of sp³-hybridized carbons (Fsp3) is 0.409. The first-order valence-corrected chi connectivity index (χ1v) is 11.5. The number of amides is 1. The number of aryl methyl sites for hydroxylation is 2. The molecule has 1 aliphatic rings. The summed E-state index contributed by atoms with van der Waals surface area (Å²) in [6.07, 6.45) is -0.193. The topological polar surface area (TPSA) is 75.7 Å². The van der Waals surface area contributed by atoms with Crippen LogP contribution in [0.3, 0.4) is 0 Å². The van der Waals surface area contributed by atoms with Gasteiger partial charge < -0.3 is 10.1 Å². The fourth-order valence-corrected chi connectivity index (χ4v) is 4.76. The van der Waals surface area contributed by atoms with Crippen LogP contribution in [0.1, 0.15) is 43.0 Å². The number of sulfonamides is 1. The van der Waals surface area contributed by atoms with Crippen LogP contribution in [0.25, 0.3) is 0 Å². The zero-order valence-electron chi connectivity index (χ0n) is 17.3. The van der Waals surface area contributed by atoms with Crippen LogP contribution < -0.4 is 14.4 Å². The Kier molecular flexibility index (Phi) is 6.17. The van der Waals surface area contributed by atoms with Gasteiger partial charge in [-0.1, -0.05) is 42.8 Å². The molecule has 1 N–H and O–H groups in total. The highest BCUT2D eigenvalue weighted by molar-refractivity contribution is 7.92. The van der Waals surface area contributed by atoms with Crippen molar-refractivity contribution >= 4 is 21.6 Å². The van der Waals surface area contributed by atoms with E-state index in [2.05, 4.69) is 11.4 Å². The Bertz CT molecular complexity index is 1000. The summed E-state index contributed by atoms with van der Waals surface area (Å²) in [5.41, 5.74) is 3.81. The van der Waals surface area contributed by atoms with E-state index in [1.165, 1.54) is 9.87 Å². The van der Waals surface area contributed by atoms with E-state index in [0.29, 0.717) is 11.4 Å². The van der Waals surface area contributed by atoms with E-state index in [-0.39, 0.29) is 24.2 Å². The van der Waals surface area contributed by atoms with Crippen molar-refractivity contribution in [2.24, 2.45) is 0 Å². The summed E-state index contributed by atoms with van der Waals surface area (Å²) >= 11 is 0. The Morgan fingerprint density at radius 2 is 1.93 bits per heavy atom. The van der Waals surface area contributed by atoms with Crippen LogP contribution >= 0.6 is 0 Å². The molecule has 29 heavy (non-hydrogen) atoms. The number of hydrogen-bond acceptors (Lipinski definition) is 4. The Labute approximate surface area is 172 Å². The monoisotopic (exact) mass is 416 g/mol. The van der Waals surface area contributed by atoms with Crippen LogP contribution in [0.4, 0.5) is 5.69 Å². The SMILES string of the molecule is CC[C@H](NC(=O)[C@@H]1CN(S(=O)(=O)CC)c2ccccc2O1)c1ccc(C)cc1C. The zero-order valence-corrected chi connectivity index (χ0v) is 18.1. The predicted octanol–water partition coefficient (Wildman–Crippen LogP) is 3.49. The summed E-state index contributed by atoms with van der Waals surface area (Å²) in [5, 5.41) is 3.05. The maximum absolute atomic E-state index is 13.0. The lowest BCUT2D eigenvalue weighted by Crippen LogP contribution is -2.51. The number of fused-ring (bicyclic) bond motifs is 1. The lowest BCUT2D eigenvalue weighted by atomic mass is 9.97. The van der Waals surface area contributed by atoms with E-state index in [1.54, 1.807) is 31.2 Å². The Hall–Kier alpha value is -2.54. The number of para-hydroxylation sites is 2. The van der Waals surface area contributed by atoms with Gasteiger partial charge in [-0.05, 0) is 50.5 Å². The number of rotatable bonds is 6. The minimum Gasteiger partial charge on any atom is -0.476 e. The summed E-state index contributed by atoms with van der Waals surface area (Å²) in [5.74, 6) is 0.0358. The lowest BCUT2D eigenvalue weighted by Gasteiger charge is -2.35. The second-order valence-corrected chi connectivity index (χ2v) is 9.52. The second-order valence-electron chi connectivity index (χ2n) is 7.34. The molecule has 0 aliphatic carbocycles. The van der Waals surface area contributed by atoms with Crippen molar-refractivity contribution in [2.45, 2.75) is 46.3 Å². The van der Waals surface area contributed by atoms with Crippen LogP contribution in [0.15, 0.2) is 42.5 Å². The summed E-state index contributed by atoms with van der Waals surface area (Å²) < 4.78 is 32.4. The molecule has 0 bridgehead atoms. The van der Waals surface area contributed by atoms with Crippen molar-refractivity contribution in [3.63, 3.8) is 0 Å². The number of benzene rings is 2. The van der Waals surface area contributed by atoms with Crippen molar-refractivity contribution in [3.05, 3.63) is 59.2 Å². The van der Waals surface area contributed by atoms with E-state index in [4.69, 9.17) is 4.74 Å². The highest BCUT2D eigenvalue weighted by atomic mass is 32.2. The van der Waals surface area contributed by atoms with Gasteiger partial charge in [0.2, 0.25) is 10.0 Å². The Morgan fingerprint density at radius 1 is 1.21 bits per heavy atom. The third-order valence-electron chi connectivity index (χ3n) is 5.25. The van der Waals surface area contributed by atoms with Crippen molar-refractivity contribution in [3.8, 4) is 5.75 Å². The normalized spacial score (nSPS) is 17.2. The van der Waals surface area contributed by atoms with E-state index in [1.807, 2.05) is 32.9 Å². The molecule has 0 aromatic heterocycles. The van der Waals surface area contributed by atoms with Crippen LogP contribution in [0.5, 0.6) is 5.75 Å². The van der Waals surface area contributed by atoms with Gasteiger partial charge in [0.15, 0.2) is 6.10 Å². The third kappa shape index (κ3) is 4.40. The Balaban J connectivity index is 1.85. The van der Waals surface area contributed by atoms with Crippen molar-refractivity contribution in [2.75, 3.05) is 16.6 Å². The molecule has 2 aromatic carbocycles. The second kappa shape index (κ2) is 8.45. The van der Waals surface area contributed by atoms with Gasteiger partial charge in [0, 0.05) is 0 Å². The molecule has 0 saturated heterocycles. The van der Waals surface area contributed by atoms with Gasteiger partial charge in [0.25, 0.3) is 5.91 Å². The number of carbonyl (C=O) groups excluding carboxylic acids is 1. The first-order valence-electron chi connectivity index (χ1n) is 9.90. The molecule has 1 heterocycles. The van der Waals surface area contributed by atoms with Gasteiger partial charge in [0.1, 0.15) is 5.75 Å². The average molecular weight is 417 g/mol. The van der Waals surface area contributed by atoms with E-state index >= 15 is 0 Å². The van der Waals surface area contributed by atoms with Crippen LogP contribution in [0, 0.1) is 13.8 Å². The molecule has 1 aliphatic heterocycles. The minimum absolute atomic E-state index is 0.0394. The number of nitrogens with zero attached hydrogens (tertiary/aromatic N) is 1. The number of ether oxygens (including phenoxy) is 1. The van der Waals surface area contributed by atoms with Gasteiger partial charge in [0.05, 0.1) is 24.0 Å². The largest absolute Gasteiger partial charge is 0.476 e. The van der Waals surface area contributed by atoms with Gasteiger partial charge in [-0.3, -0.25) is 9.10 Å². The molecule has 0 saturated carbocycles. The minimum atomic E-state index is -3.53. The van der Waals surface area contributed by atoms with Crippen molar-refractivity contribution in [1.29, 1.82) is 0 Å². The highest BCUT2D eigenvalue weighted by Gasteiger charge is 2.36. The molecular formula is C22H28N2O4S. The highest BCUT2D eigenvalue weighted by Crippen LogP contribution is 2.35. The first kappa shape index (κ1) is 21.2. The van der Waals surface area contributed by atoms with E-state index in [0.717, 1.165) is 17.5 Å². The molecule has 0 spiro atoms. The molecule has 2 atom stereocenters. The summed E-state index contributed by atoms with van der Waals surface area (Å²) in [7, 11) is -3.53. The molecule has 1 amide bonds. The lowest BCUT2D eigenvalue weighted by molar-refractivity contribution is -0.128. The molecule has 0 unspecified atom stereocenters. The summed E-state index contributed by atoms with van der Waals surface area (Å²) in [6, 6.07) is 12.9. The number of nitrogens with one attached hydrogen (secondary N) is 1. The van der Waals surface area contributed by atoms with Crippen LogP contribution in [-0.4, -0.2) is 32.7 Å². The van der Waals surface area contributed by atoms with Crippen LogP contribution in [0.2, 0.25) is 0 Å². The van der Waals surface area contributed by atoms with E-state index in [9.17, 15) is 13.2 Å². The van der Waals surface area contributed by atoms with Crippen LogP contribution in [-0.2, 0) is 14.8 Å².